The van der Waals surface area contributed by atoms with Gasteiger partial charge in [0.2, 0.25) is 5.91 Å². The highest BCUT2D eigenvalue weighted by Crippen LogP contribution is 2.71. The van der Waals surface area contributed by atoms with Crippen molar-refractivity contribution in [1.29, 1.82) is 0 Å². The number of carbonyl (C=O) groups is 3. The summed E-state index contributed by atoms with van der Waals surface area (Å²) in [5, 5.41) is 9.40. The van der Waals surface area contributed by atoms with Gasteiger partial charge in [0, 0.05) is 48.9 Å². The Morgan fingerprint density at radius 3 is 2.41 bits per heavy atom. The zero-order valence-electron chi connectivity index (χ0n) is 23.7. The van der Waals surface area contributed by atoms with E-state index in [2.05, 4.69) is 25.3 Å². The Morgan fingerprint density at radius 2 is 1.82 bits per heavy atom. The van der Waals surface area contributed by atoms with Crippen molar-refractivity contribution in [2.75, 3.05) is 49.2 Å². The van der Waals surface area contributed by atoms with E-state index < -0.39 is 27.4 Å². The van der Waals surface area contributed by atoms with Gasteiger partial charge < -0.3 is 24.5 Å². The number of nitrogens with zero attached hydrogens (tertiary/aromatic N) is 3. The van der Waals surface area contributed by atoms with Gasteiger partial charge in [0.05, 0.1) is 23.2 Å². The maximum atomic E-state index is 14.6. The molecule has 1 spiro atoms. The van der Waals surface area contributed by atoms with Gasteiger partial charge in [-0.3, -0.25) is 14.4 Å². The quantitative estimate of drug-likeness (QED) is 0.224. The molecule has 1 aromatic carbocycles. The highest BCUT2D eigenvalue weighted by molar-refractivity contribution is 8.02. The number of benzene rings is 1. The summed E-state index contributed by atoms with van der Waals surface area (Å²) in [5.74, 6) is -1.81. The molecule has 3 saturated heterocycles. The Kier molecular flexibility index (Phi) is 9.01. The van der Waals surface area contributed by atoms with Crippen LogP contribution in [0.4, 0.5) is 11.4 Å². The summed E-state index contributed by atoms with van der Waals surface area (Å²) in [6, 6.07) is 7.26. The second-order valence-corrected chi connectivity index (χ2v) is 12.8. The van der Waals surface area contributed by atoms with Gasteiger partial charge in [-0.25, -0.2) is 0 Å². The van der Waals surface area contributed by atoms with E-state index in [9.17, 15) is 19.5 Å². The molecule has 3 aliphatic heterocycles. The number of hydrogen-bond acceptors (Lipinski definition) is 7. The number of fused-ring (bicyclic) bond motifs is 1. The number of aliphatic hydroxyl groups is 1. The van der Waals surface area contributed by atoms with E-state index in [4.69, 9.17) is 4.74 Å². The Hall–Kier alpha value is -2.52. The third-order valence-corrected chi connectivity index (χ3v) is 10.7. The normalized spacial score (nSPS) is 28.9. The molecule has 1 N–H and O–H groups in total. The molecule has 39 heavy (non-hydrogen) atoms. The van der Waals surface area contributed by atoms with E-state index in [1.54, 1.807) is 34.6 Å². The maximum absolute atomic E-state index is 14.6. The first-order valence-corrected chi connectivity index (χ1v) is 15.1. The summed E-state index contributed by atoms with van der Waals surface area (Å²) in [5.41, 5.74) is 1.84. The average Bonchev–Trinajstić information content (AvgIpc) is 3.49. The van der Waals surface area contributed by atoms with Gasteiger partial charge in [-0.05, 0) is 77.6 Å². The first kappa shape index (κ1) is 29.5. The summed E-state index contributed by atoms with van der Waals surface area (Å²) in [7, 11) is 0. The molecular weight excluding hydrogens is 514 g/mol. The highest BCUT2D eigenvalue weighted by Gasteiger charge is 2.77. The molecule has 8 nitrogen and oxygen atoms in total. The van der Waals surface area contributed by atoms with Gasteiger partial charge in [0.15, 0.2) is 0 Å². The Bertz CT molecular complexity index is 1080. The average molecular weight is 558 g/mol. The first-order valence-electron chi connectivity index (χ1n) is 14.3. The lowest BCUT2D eigenvalue weighted by Crippen LogP contribution is -2.55. The molecule has 0 aromatic heterocycles. The summed E-state index contributed by atoms with van der Waals surface area (Å²) in [6.45, 7) is 14.7. The van der Waals surface area contributed by atoms with Crippen molar-refractivity contribution in [3.05, 3.63) is 36.9 Å². The monoisotopic (exact) mass is 557 g/mol. The van der Waals surface area contributed by atoms with Crippen molar-refractivity contribution in [3.8, 4) is 0 Å². The number of esters is 1. The lowest BCUT2D eigenvalue weighted by atomic mass is 9.66. The summed E-state index contributed by atoms with van der Waals surface area (Å²) in [6.07, 6.45) is 4.27. The molecule has 3 aliphatic rings. The van der Waals surface area contributed by atoms with Crippen molar-refractivity contribution >= 4 is 40.9 Å². The first-order chi connectivity index (χ1) is 18.7. The molecule has 2 bridgehead atoms. The van der Waals surface area contributed by atoms with E-state index >= 15 is 0 Å². The van der Waals surface area contributed by atoms with Gasteiger partial charge in [-0.2, -0.15) is 0 Å². The fourth-order valence-corrected chi connectivity index (χ4v) is 9.30. The zero-order valence-corrected chi connectivity index (χ0v) is 24.5. The topological polar surface area (TPSA) is 90.4 Å². The number of aliphatic hydroxyl groups excluding tert-OH is 1. The second-order valence-electron chi connectivity index (χ2n) is 10.9. The summed E-state index contributed by atoms with van der Waals surface area (Å²) < 4.78 is 4.32. The number of rotatable bonds is 13. The van der Waals surface area contributed by atoms with Crippen LogP contribution in [0.3, 0.4) is 0 Å². The standard InChI is InChI=1S/C30H43N3O5S/c1-6-18-32(22-14-12-21(13-15-22)31(7-2)8-3)27(36)25-30-17-16-29(5,39-30)24(28(37)38-9-4)23(30)26(35)33(25)19-10-11-20-34/h6,12-15,23-25,34H,1,7-11,16-20H2,2-5H3/t23-,24+,25?,29-,30?/m0/s1. The van der Waals surface area contributed by atoms with E-state index in [1.165, 1.54) is 0 Å². The third-order valence-electron chi connectivity index (χ3n) is 8.73. The molecule has 2 amide bonds. The molecule has 3 fully saturated rings. The van der Waals surface area contributed by atoms with Crippen molar-refractivity contribution in [1.82, 2.24) is 4.90 Å². The third kappa shape index (κ3) is 4.97. The minimum Gasteiger partial charge on any atom is -0.466 e. The smallest absolute Gasteiger partial charge is 0.311 e. The van der Waals surface area contributed by atoms with Crippen LogP contribution in [0.15, 0.2) is 36.9 Å². The number of hydrogen-bond donors (Lipinski definition) is 1. The fraction of sp³-hybridized carbons (Fsp3) is 0.633. The highest BCUT2D eigenvalue weighted by atomic mass is 32.2. The predicted octanol–water partition coefficient (Wildman–Crippen LogP) is 3.87. The molecular formula is C30H43N3O5S. The number of thioether (sulfide) groups is 1. The molecule has 0 radical (unpaired) electrons. The van der Waals surface area contributed by atoms with E-state index in [0.29, 0.717) is 32.4 Å². The van der Waals surface area contributed by atoms with Crippen LogP contribution in [0.2, 0.25) is 0 Å². The Morgan fingerprint density at radius 1 is 1.15 bits per heavy atom. The van der Waals surface area contributed by atoms with Crippen LogP contribution in [-0.4, -0.2) is 82.7 Å². The molecule has 9 heteroatoms. The fourth-order valence-electron chi connectivity index (χ4n) is 6.96. The summed E-state index contributed by atoms with van der Waals surface area (Å²) in [4.78, 5) is 47.6. The number of likely N-dealkylation sites (tertiary alicyclic amines) is 1. The van der Waals surface area contributed by atoms with Crippen LogP contribution >= 0.6 is 11.8 Å². The molecule has 2 unspecified atom stereocenters. The Labute approximate surface area is 236 Å². The van der Waals surface area contributed by atoms with Gasteiger partial charge in [-0.15, -0.1) is 18.3 Å². The van der Waals surface area contributed by atoms with Crippen molar-refractivity contribution in [2.24, 2.45) is 11.8 Å². The van der Waals surface area contributed by atoms with Gasteiger partial charge in [-0.1, -0.05) is 6.08 Å². The molecule has 0 aliphatic carbocycles. The largest absolute Gasteiger partial charge is 0.466 e. The lowest BCUT2D eigenvalue weighted by molar-refractivity contribution is -0.155. The minimum absolute atomic E-state index is 0.0228. The van der Waals surface area contributed by atoms with Crippen LogP contribution in [0, 0.1) is 11.8 Å². The molecule has 0 saturated carbocycles. The maximum Gasteiger partial charge on any atom is 0.311 e. The molecule has 214 valence electrons. The van der Waals surface area contributed by atoms with E-state index in [-0.39, 0.29) is 31.0 Å². The summed E-state index contributed by atoms with van der Waals surface area (Å²) >= 11 is 1.65. The zero-order chi connectivity index (χ0) is 28.4. The Balaban J connectivity index is 1.74. The number of amides is 2. The van der Waals surface area contributed by atoms with E-state index in [1.807, 2.05) is 31.2 Å². The SMILES string of the molecule is C=CCN(C(=O)C1N(CCCCO)C(=O)[C@@H]2[C@H](C(=O)OCC)[C@]3(C)CCC12S3)c1ccc(N(CC)CC)cc1. The van der Waals surface area contributed by atoms with Gasteiger partial charge in [0.25, 0.3) is 5.91 Å². The van der Waals surface area contributed by atoms with Crippen molar-refractivity contribution in [3.63, 3.8) is 0 Å². The van der Waals surface area contributed by atoms with Gasteiger partial charge in [0.1, 0.15) is 6.04 Å². The number of carbonyl (C=O) groups excluding carboxylic acids is 3. The van der Waals surface area contributed by atoms with Gasteiger partial charge >= 0.3 is 5.97 Å². The van der Waals surface area contributed by atoms with Crippen molar-refractivity contribution < 1.29 is 24.2 Å². The van der Waals surface area contributed by atoms with Crippen LogP contribution in [-0.2, 0) is 19.1 Å². The molecule has 5 atom stereocenters. The predicted molar refractivity (Wildman–Crippen MR) is 156 cm³/mol. The van der Waals surface area contributed by atoms with Crippen LogP contribution < -0.4 is 9.80 Å². The van der Waals surface area contributed by atoms with Crippen LogP contribution in [0.1, 0.15) is 53.4 Å². The number of ether oxygens (including phenoxy) is 1. The molecule has 4 rings (SSSR count). The van der Waals surface area contributed by atoms with Crippen LogP contribution in [0.25, 0.3) is 0 Å². The minimum atomic E-state index is -0.706. The lowest BCUT2D eigenvalue weighted by Gasteiger charge is -2.37. The molecule has 3 heterocycles. The molecule has 1 aromatic rings. The number of unbranched alkanes of at least 4 members (excludes halogenated alkanes) is 1. The second kappa shape index (κ2) is 11.9. The van der Waals surface area contributed by atoms with E-state index in [0.717, 1.165) is 30.9 Å². The van der Waals surface area contributed by atoms with Crippen LogP contribution in [0.5, 0.6) is 0 Å². The number of anilines is 2. The van der Waals surface area contributed by atoms with Crippen molar-refractivity contribution in [2.45, 2.75) is 68.9 Å².